The predicted octanol–water partition coefficient (Wildman–Crippen LogP) is 2.75. The van der Waals surface area contributed by atoms with Gasteiger partial charge in [-0.2, -0.15) is 4.98 Å². The maximum atomic E-state index is 5.72. The number of hydrogen-bond donors (Lipinski definition) is 2. The van der Waals surface area contributed by atoms with E-state index in [1.807, 2.05) is 24.3 Å². The molecule has 0 bridgehead atoms. The van der Waals surface area contributed by atoms with Crippen molar-refractivity contribution >= 4 is 22.8 Å². The molecule has 1 aliphatic rings. The summed E-state index contributed by atoms with van der Waals surface area (Å²) >= 11 is 0. The van der Waals surface area contributed by atoms with Crippen LogP contribution < -0.4 is 20.5 Å². The first kappa shape index (κ1) is 11.9. The van der Waals surface area contributed by atoms with E-state index in [2.05, 4.69) is 10.3 Å². The van der Waals surface area contributed by atoms with Crippen molar-refractivity contribution in [2.45, 2.75) is 6.54 Å². The summed E-state index contributed by atoms with van der Waals surface area (Å²) < 4.78 is 16.2. The van der Waals surface area contributed by atoms with Crippen molar-refractivity contribution in [3.8, 4) is 11.5 Å². The number of ether oxygens (including phenoxy) is 2. The van der Waals surface area contributed by atoms with Crippen molar-refractivity contribution in [3.05, 3.63) is 42.0 Å². The molecule has 2 aromatic carbocycles. The largest absolute Gasteiger partial charge is 0.454 e. The highest BCUT2D eigenvalue weighted by Crippen LogP contribution is 2.32. The second-order valence-corrected chi connectivity index (χ2v) is 4.79. The third kappa shape index (κ3) is 2.20. The van der Waals surface area contributed by atoms with Crippen molar-refractivity contribution in [2.24, 2.45) is 0 Å². The average molecular weight is 283 g/mol. The van der Waals surface area contributed by atoms with E-state index in [1.54, 1.807) is 12.1 Å². The van der Waals surface area contributed by atoms with Crippen molar-refractivity contribution < 1.29 is 13.9 Å². The van der Waals surface area contributed by atoms with Gasteiger partial charge in [-0.05, 0) is 35.9 Å². The topological polar surface area (TPSA) is 82.5 Å². The van der Waals surface area contributed by atoms with Gasteiger partial charge in [0.05, 0.1) is 0 Å². The first-order valence-corrected chi connectivity index (χ1v) is 6.56. The molecule has 0 unspecified atom stereocenters. The summed E-state index contributed by atoms with van der Waals surface area (Å²) in [4.78, 5) is 4.35. The molecule has 0 saturated carbocycles. The summed E-state index contributed by atoms with van der Waals surface area (Å²) in [6.07, 6.45) is 0. The van der Waals surface area contributed by atoms with Gasteiger partial charge in [0.15, 0.2) is 17.1 Å². The Bertz CT molecular complexity index is 813. The van der Waals surface area contributed by atoms with Crippen LogP contribution in [0.15, 0.2) is 40.8 Å². The standard InChI is InChI=1S/C15H13N3O3/c16-10-2-4-12-11(6-10)18-15(21-12)17-7-9-1-3-13-14(5-9)20-8-19-13/h1-6H,7-8,16H2,(H,17,18). The van der Waals surface area contributed by atoms with E-state index in [0.29, 0.717) is 23.8 Å². The molecular formula is C15H13N3O3. The van der Waals surface area contributed by atoms with E-state index < -0.39 is 0 Å². The lowest BCUT2D eigenvalue weighted by Crippen LogP contribution is -1.99. The molecule has 0 atom stereocenters. The molecule has 106 valence electrons. The third-order valence-corrected chi connectivity index (χ3v) is 3.29. The van der Waals surface area contributed by atoms with Crippen LogP contribution in [0.3, 0.4) is 0 Å². The zero-order valence-corrected chi connectivity index (χ0v) is 11.1. The van der Waals surface area contributed by atoms with Gasteiger partial charge in [0.25, 0.3) is 6.01 Å². The van der Waals surface area contributed by atoms with Crippen LogP contribution in [0.5, 0.6) is 11.5 Å². The van der Waals surface area contributed by atoms with Crippen molar-refractivity contribution in [1.82, 2.24) is 4.98 Å². The molecule has 6 nitrogen and oxygen atoms in total. The summed E-state index contributed by atoms with van der Waals surface area (Å²) in [5.41, 5.74) is 8.89. The van der Waals surface area contributed by atoms with Crippen LogP contribution in [0.2, 0.25) is 0 Å². The Kier molecular flexibility index (Phi) is 2.60. The van der Waals surface area contributed by atoms with Crippen molar-refractivity contribution in [3.63, 3.8) is 0 Å². The first-order chi connectivity index (χ1) is 10.3. The van der Waals surface area contributed by atoms with Gasteiger partial charge < -0.3 is 24.9 Å². The smallest absolute Gasteiger partial charge is 0.295 e. The van der Waals surface area contributed by atoms with Crippen LogP contribution >= 0.6 is 0 Å². The van der Waals surface area contributed by atoms with Gasteiger partial charge in [0.1, 0.15) is 5.52 Å². The van der Waals surface area contributed by atoms with E-state index >= 15 is 0 Å². The van der Waals surface area contributed by atoms with E-state index in [4.69, 9.17) is 19.6 Å². The molecule has 2 heterocycles. The number of nitrogen functional groups attached to an aromatic ring is 1. The molecule has 3 N–H and O–H groups in total. The van der Waals surface area contributed by atoms with Crippen LogP contribution in [-0.2, 0) is 6.54 Å². The normalized spacial score (nSPS) is 12.8. The number of oxazole rings is 1. The van der Waals surface area contributed by atoms with Gasteiger partial charge in [-0.25, -0.2) is 0 Å². The molecule has 4 rings (SSSR count). The molecule has 1 aliphatic heterocycles. The van der Waals surface area contributed by atoms with Crippen LogP contribution in [0.25, 0.3) is 11.1 Å². The molecule has 21 heavy (non-hydrogen) atoms. The second-order valence-electron chi connectivity index (χ2n) is 4.79. The number of aromatic nitrogens is 1. The monoisotopic (exact) mass is 283 g/mol. The number of hydrogen-bond acceptors (Lipinski definition) is 6. The summed E-state index contributed by atoms with van der Waals surface area (Å²) in [5.74, 6) is 1.54. The number of nitrogens with two attached hydrogens (primary N) is 1. The van der Waals surface area contributed by atoms with Gasteiger partial charge >= 0.3 is 0 Å². The van der Waals surface area contributed by atoms with Crippen LogP contribution in [0.1, 0.15) is 5.56 Å². The molecule has 6 heteroatoms. The van der Waals surface area contributed by atoms with E-state index in [0.717, 1.165) is 22.6 Å². The SMILES string of the molecule is Nc1ccc2oc(NCc3ccc4c(c3)OCO4)nc2c1. The summed E-state index contributed by atoms with van der Waals surface area (Å²) in [6, 6.07) is 11.7. The van der Waals surface area contributed by atoms with Crippen LogP contribution in [0, 0.1) is 0 Å². The zero-order chi connectivity index (χ0) is 14.2. The molecule has 0 saturated heterocycles. The Hall–Kier alpha value is -2.89. The lowest BCUT2D eigenvalue weighted by molar-refractivity contribution is 0.174. The quantitative estimate of drug-likeness (QED) is 0.719. The number of rotatable bonds is 3. The fourth-order valence-corrected chi connectivity index (χ4v) is 2.25. The highest BCUT2D eigenvalue weighted by atomic mass is 16.7. The van der Waals surface area contributed by atoms with E-state index in [9.17, 15) is 0 Å². The molecule has 0 radical (unpaired) electrons. The Balaban J connectivity index is 1.52. The highest BCUT2D eigenvalue weighted by Gasteiger charge is 2.13. The Morgan fingerprint density at radius 3 is 2.95 bits per heavy atom. The molecule has 0 spiro atoms. The first-order valence-electron chi connectivity index (χ1n) is 6.56. The van der Waals surface area contributed by atoms with Gasteiger partial charge in [0.2, 0.25) is 6.79 Å². The maximum Gasteiger partial charge on any atom is 0.295 e. The van der Waals surface area contributed by atoms with Crippen molar-refractivity contribution in [2.75, 3.05) is 17.8 Å². The van der Waals surface area contributed by atoms with E-state index in [1.165, 1.54) is 0 Å². The predicted molar refractivity (Wildman–Crippen MR) is 78.3 cm³/mol. The van der Waals surface area contributed by atoms with Crippen molar-refractivity contribution in [1.29, 1.82) is 0 Å². The maximum absolute atomic E-state index is 5.72. The molecule has 0 amide bonds. The fraction of sp³-hybridized carbons (Fsp3) is 0.133. The lowest BCUT2D eigenvalue weighted by Gasteiger charge is -2.03. The van der Waals surface area contributed by atoms with Gasteiger partial charge in [-0.1, -0.05) is 6.07 Å². The zero-order valence-electron chi connectivity index (χ0n) is 11.1. The van der Waals surface area contributed by atoms with Crippen LogP contribution in [0.4, 0.5) is 11.7 Å². The number of anilines is 2. The summed E-state index contributed by atoms with van der Waals surface area (Å²) in [7, 11) is 0. The van der Waals surface area contributed by atoms with E-state index in [-0.39, 0.29) is 6.79 Å². The van der Waals surface area contributed by atoms with Gasteiger partial charge in [-0.3, -0.25) is 0 Å². The fourth-order valence-electron chi connectivity index (χ4n) is 2.25. The minimum absolute atomic E-state index is 0.277. The molecule has 0 aliphatic carbocycles. The minimum Gasteiger partial charge on any atom is -0.454 e. The lowest BCUT2D eigenvalue weighted by atomic mass is 10.2. The average Bonchev–Trinajstić information content (AvgIpc) is 3.09. The molecular weight excluding hydrogens is 270 g/mol. The Labute approximate surface area is 120 Å². The Morgan fingerprint density at radius 1 is 1.10 bits per heavy atom. The van der Waals surface area contributed by atoms with Crippen LogP contribution in [-0.4, -0.2) is 11.8 Å². The number of fused-ring (bicyclic) bond motifs is 2. The number of nitrogens with one attached hydrogen (secondary N) is 1. The third-order valence-electron chi connectivity index (χ3n) is 3.29. The highest BCUT2D eigenvalue weighted by molar-refractivity contribution is 5.78. The van der Waals surface area contributed by atoms with Gasteiger partial charge in [0, 0.05) is 12.2 Å². The molecule has 0 fully saturated rings. The summed E-state index contributed by atoms with van der Waals surface area (Å²) in [5, 5.41) is 3.15. The van der Waals surface area contributed by atoms with Gasteiger partial charge in [-0.15, -0.1) is 0 Å². The Morgan fingerprint density at radius 2 is 2.00 bits per heavy atom. The number of nitrogens with zero attached hydrogens (tertiary/aromatic N) is 1. The number of benzene rings is 2. The molecule has 3 aromatic rings. The summed E-state index contributed by atoms with van der Waals surface area (Å²) in [6.45, 7) is 0.859. The minimum atomic E-state index is 0.277. The second kappa shape index (κ2) is 4.59. The molecule has 1 aromatic heterocycles.